The monoisotopic (exact) mass is 386 g/mol. The van der Waals surface area contributed by atoms with Crippen LogP contribution in [0.5, 0.6) is 0 Å². The van der Waals surface area contributed by atoms with Crippen molar-refractivity contribution < 1.29 is 0 Å². The Morgan fingerprint density at radius 2 is 0.900 bits per heavy atom. The maximum atomic E-state index is 2.34. The molecular formula is C30H26. The SMILES string of the molecule is CC1=CC=C(c2ccc3ccc4c(C5=CC=C(C)CC5)ccc5ccc2c3c54)CC1. The van der Waals surface area contributed by atoms with E-state index in [2.05, 4.69) is 86.7 Å². The molecule has 146 valence electrons. The molecular weight excluding hydrogens is 360 g/mol. The van der Waals surface area contributed by atoms with E-state index < -0.39 is 0 Å². The molecule has 0 unspecified atom stereocenters. The van der Waals surface area contributed by atoms with Crippen molar-refractivity contribution in [3.63, 3.8) is 0 Å². The van der Waals surface area contributed by atoms with Crippen molar-refractivity contribution in [2.24, 2.45) is 0 Å². The Labute approximate surface area is 178 Å². The first-order valence-corrected chi connectivity index (χ1v) is 11.1. The molecule has 0 saturated heterocycles. The fraction of sp³-hybridized carbons (Fsp3) is 0.200. The van der Waals surface area contributed by atoms with Crippen molar-refractivity contribution in [1.82, 2.24) is 0 Å². The van der Waals surface area contributed by atoms with E-state index in [0.717, 1.165) is 12.8 Å². The van der Waals surface area contributed by atoms with Crippen LogP contribution in [0.4, 0.5) is 0 Å². The summed E-state index contributed by atoms with van der Waals surface area (Å²) in [6, 6.07) is 18.6. The van der Waals surface area contributed by atoms with Gasteiger partial charge in [-0.25, -0.2) is 0 Å². The average molecular weight is 387 g/mol. The van der Waals surface area contributed by atoms with E-state index in [0.29, 0.717) is 0 Å². The zero-order valence-electron chi connectivity index (χ0n) is 17.8. The molecule has 0 radical (unpaired) electrons. The second-order valence-corrected chi connectivity index (χ2v) is 9.06. The molecule has 0 spiro atoms. The molecule has 0 atom stereocenters. The molecule has 4 aromatic rings. The molecule has 0 saturated carbocycles. The number of allylic oxidation sites excluding steroid dienone is 8. The van der Waals surface area contributed by atoms with Crippen molar-refractivity contribution >= 4 is 43.5 Å². The van der Waals surface area contributed by atoms with Crippen LogP contribution in [0.1, 0.15) is 50.7 Å². The molecule has 2 aliphatic rings. The number of rotatable bonds is 2. The number of hydrogen-bond acceptors (Lipinski definition) is 0. The molecule has 4 aromatic carbocycles. The summed E-state index contributed by atoms with van der Waals surface area (Å²) in [5.41, 5.74) is 8.70. The van der Waals surface area contributed by atoms with Gasteiger partial charge in [-0.05, 0) is 94.1 Å². The Morgan fingerprint density at radius 3 is 1.30 bits per heavy atom. The van der Waals surface area contributed by atoms with Gasteiger partial charge in [-0.2, -0.15) is 0 Å². The van der Waals surface area contributed by atoms with E-state index in [9.17, 15) is 0 Å². The molecule has 0 bridgehead atoms. The van der Waals surface area contributed by atoms with Crippen molar-refractivity contribution in [2.45, 2.75) is 39.5 Å². The number of hydrogen-bond donors (Lipinski definition) is 0. The van der Waals surface area contributed by atoms with Gasteiger partial charge in [0.05, 0.1) is 0 Å². The molecule has 0 fully saturated rings. The van der Waals surface area contributed by atoms with E-state index in [-0.39, 0.29) is 0 Å². The lowest BCUT2D eigenvalue weighted by Crippen LogP contribution is -1.96. The van der Waals surface area contributed by atoms with Gasteiger partial charge in [0.2, 0.25) is 0 Å². The topological polar surface area (TPSA) is 0 Å². The zero-order valence-corrected chi connectivity index (χ0v) is 17.8. The summed E-state index contributed by atoms with van der Waals surface area (Å²) in [7, 11) is 0. The van der Waals surface area contributed by atoms with Crippen LogP contribution in [0.3, 0.4) is 0 Å². The molecule has 0 aromatic heterocycles. The maximum absolute atomic E-state index is 2.34. The van der Waals surface area contributed by atoms with Crippen molar-refractivity contribution in [3.8, 4) is 0 Å². The Kier molecular flexibility index (Phi) is 3.96. The first-order valence-electron chi connectivity index (χ1n) is 11.1. The normalized spacial score (nSPS) is 17.3. The third kappa shape index (κ3) is 2.67. The third-order valence-corrected chi connectivity index (χ3v) is 7.07. The van der Waals surface area contributed by atoms with Gasteiger partial charge >= 0.3 is 0 Å². The van der Waals surface area contributed by atoms with Crippen LogP contribution in [-0.4, -0.2) is 0 Å². The standard InChI is InChI=1S/C30H26/c1-19-3-7-21(8-4-19)25-15-11-23-14-18-28-26(22-9-5-20(2)6-10-22)16-12-24-13-17-27(25)29(23)30(24)28/h3,5,7,9,11-18H,4,6,8,10H2,1-2H3. The highest BCUT2D eigenvalue weighted by atomic mass is 14.2. The van der Waals surface area contributed by atoms with E-state index >= 15 is 0 Å². The smallest absolute Gasteiger partial charge is 0.00205 e. The van der Waals surface area contributed by atoms with Crippen LogP contribution in [-0.2, 0) is 0 Å². The predicted molar refractivity (Wildman–Crippen MR) is 132 cm³/mol. The molecule has 0 nitrogen and oxygen atoms in total. The molecule has 2 aliphatic carbocycles. The minimum Gasteiger partial charge on any atom is -0.0730 e. The van der Waals surface area contributed by atoms with E-state index in [4.69, 9.17) is 0 Å². The van der Waals surface area contributed by atoms with Crippen LogP contribution < -0.4 is 0 Å². The summed E-state index contributed by atoms with van der Waals surface area (Å²) in [6.07, 6.45) is 13.8. The summed E-state index contributed by atoms with van der Waals surface area (Å²) in [4.78, 5) is 0. The highest BCUT2D eigenvalue weighted by Crippen LogP contribution is 2.42. The molecule has 0 amide bonds. The molecule has 30 heavy (non-hydrogen) atoms. The fourth-order valence-corrected chi connectivity index (χ4v) is 5.29. The second-order valence-electron chi connectivity index (χ2n) is 9.06. The molecule has 0 N–H and O–H groups in total. The second kappa shape index (κ2) is 6.71. The van der Waals surface area contributed by atoms with E-state index in [1.54, 1.807) is 0 Å². The Morgan fingerprint density at radius 1 is 0.467 bits per heavy atom. The lowest BCUT2D eigenvalue weighted by molar-refractivity contribution is 0.978. The third-order valence-electron chi connectivity index (χ3n) is 7.07. The van der Waals surface area contributed by atoms with Gasteiger partial charge in [0.1, 0.15) is 0 Å². The van der Waals surface area contributed by atoms with Gasteiger partial charge in [-0.15, -0.1) is 0 Å². The lowest BCUT2D eigenvalue weighted by Gasteiger charge is -2.20. The highest BCUT2D eigenvalue weighted by molar-refractivity contribution is 6.26. The minimum atomic E-state index is 1.14. The highest BCUT2D eigenvalue weighted by Gasteiger charge is 2.17. The van der Waals surface area contributed by atoms with Crippen molar-refractivity contribution in [1.29, 1.82) is 0 Å². The van der Waals surface area contributed by atoms with Crippen molar-refractivity contribution in [2.75, 3.05) is 0 Å². The van der Waals surface area contributed by atoms with Crippen LogP contribution in [0.25, 0.3) is 43.5 Å². The van der Waals surface area contributed by atoms with Crippen molar-refractivity contribution in [3.05, 3.63) is 95.1 Å². The van der Waals surface area contributed by atoms with E-state index in [1.165, 1.54) is 78.6 Å². The zero-order chi connectivity index (χ0) is 20.2. The predicted octanol–water partition coefficient (Wildman–Crippen LogP) is 8.83. The fourth-order valence-electron chi connectivity index (χ4n) is 5.29. The van der Waals surface area contributed by atoms with Crippen LogP contribution in [0, 0.1) is 0 Å². The lowest BCUT2D eigenvalue weighted by atomic mass is 9.84. The largest absolute Gasteiger partial charge is 0.0730 e. The van der Waals surface area contributed by atoms with Crippen LogP contribution >= 0.6 is 0 Å². The van der Waals surface area contributed by atoms with Gasteiger partial charge in [-0.3, -0.25) is 0 Å². The number of benzene rings is 4. The average Bonchev–Trinajstić information content (AvgIpc) is 2.78. The molecule has 0 heteroatoms. The minimum absolute atomic E-state index is 1.14. The Balaban J connectivity index is 1.66. The van der Waals surface area contributed by atoms with Gasteiger partial charge in [0, 0.05) is 0 Å². The Hall–Kier alpha value is -3.12. The first-order chi connectivity index (χ1) is 14.7. The Bertz CT molecular complexity index is 1320. The van der Waals surface area contributed by atoms with Gasteiger partial charge in [-0.1, -0.05) is 84.0 Å². The quantitative estimate of drug-likeness (QED) is 0.302. The van der Waals surface area contributed by atoms with E-state index in [1.807, 2.05) is 0 Å². The molecule has 0 aliphatic heterocycles. The van der Waals surface area contributed by atoms with Gasteiger partial charge in [0.15, 0.2) is 0 Å². The summed E-state index contributed by atoms with van der Waals surface area (Å²) in [6.45, 7) is 4.46. The van der Waals surface area contributed by atoms with Crippen LogP contribution in [0.15, 0.2) is 84.0 Å². The molecule has 6 rings (SSSR count). The van der Waals surface area contributed by atoms with Gasteiger partial charge in [0.25, 0.3) is 0 Å². The maximum Gasteiger partial charge on any atom is -0.00205 e. The van der Waals surface area contributed by atoms with Gasteiger partial charge < -0.3 is 0 Å². The summed E-state index contributed by atoms with van der Waals surface area (Å²) < 4.78 is 0. The molecule has 0 heterocycles. The first kappa shape index (κ1) is 17.7. The van der Waals surface area contributed by atoms with Crippen LogP contribution in [0.2, 0.25) is 0 Å². The summed E-state index contributed by atoms with van der Waals surface area (Å²) >= 11 is 0. The summed E-state index contributed by atoms with van der Waals surface area (Å²) in [5, 5.41) is 8.35. The summed E-state index contributed by atoms with van der Waals surface area (Å²) in [5.74, 6) is 0.